The maximum absolute atomic E-state index is 13.8. The van der Waals surface area contributed by atoms with E-state index < -0.39 is 25.8 Å². The van der Waals surface area contributed by atoms with E-state index in [9.17, 15) is 9.59 Å². The average molecular weight is 684 g/mol. The summed E-state index contributed by atoms with van der Waals surface area (Å²) >= 11 is 3.58. The molecule has 0 aliphatic heterocycles. The first-order valence-corrected chi connectivity index (χ1v) is 19.9. The quantitative estimate of drug-likeness (QED) is 0.166. The molecule has 1 aliphatic carbocycles. The number of carbonyl (C=O) groups is 2. The van der Waals surface area contributed by atoms with Crippen LogP contribution >= 0.6 is 15.9 Å². The van der Waals surface area contributed by atoms with Crippen molar-refractivity contribution in [3.8, 4) is 11.1 Å². The van der Waals surface area contributed by atoms with Gasteiger partial charge in [0, 0.05) is 42.0 Å². The number of benzene rings is 2. The minimum Gasteiger partial charge on any atom is -0.444 e. The molecule has 10 heteroatoms. The van der Waals surface area contributed by atoms with Gasteiger partial charge in [0.1, 0.15) is 18.4 Å². The maximum Gasteiger partial charge on any atom is 0.408 e. The number of amides is 2. The highest BCUT2D eigenvalue weighted by molar-refractivity contribution is 9.10. The monoisotopic (exact) mass is 682 g/mol. The number of anilines is 1. The van der Waals surface area contributed by atoms with Crippen molar-refractivity contribution in [3.05, 3.63) is 69.5 Å². The van der Waals surface area contributed by atoms with Gasteiger partial charge in [-0.1, -0.05) is 53.8 Å². The molecule has 0 saturated heterocycles. The second-order valence-corrected chi connectivity index (χ2v) is 20.5. The molecule has 3 aromatic rings. The molecule has 1 aromatic heterocycles. The Morgan fingerprint density at radius 2 is 1.82 bits per heavy atom. The summed E-state index contributed by atoms with van der Waals surface area (Å²) in [6.07, 6.45) is 2.05. The van der Waals surface area contributed by atoms with E-state index in [1.165, 1.54) is 5.56 Å². The summed E-state index contributed by atoms with van der Waals surface area (Å²) in [5.41, 5.74) is 6.28. The van der Waals surface area contributed by atoms with Gasteiger partial charge in [-0.2, -0.15) is 5.10 Å². The van der Waals surface area contributed by atoms with Crippen molar-refractivity contribution in [2.75, 3.05) is 11.9 Å². The van der Waals surface area contributed by atoms with E-state index in [4.69, 9.17) is 14.6 Å². The van der Waals surface area contributed by atoms with Gasteiger partial charge in [0.2, 0.25) is 5.91 Å². The van der Waals surface area contributed by atoms with Crippen molar-refractivity contribution in [1.82, 2.24) is 15.1 Å². The normalized spacial score (nSPS) is 15.8. The standard InChI is InChI=1S/C34H47BrN4O4Si/c1-22-30(23(2)39(38-22)21-42-18-19-44(6,7)8)25-13-16-27(17-14-25)36-32(40)31(37-33(41)43-34(3,4)5)28-11-9-10-24-12-15-26(35)20-29(24)28/h12-17,20,28,31H,9-11,18-19,21H2,1-8H3,(H,36,40)(H,37,41)/t28-,31+/m1/s1. The average Bonchev–Trinajstić information content (AvgIpc) is 3.21. The van der Waals surface area contributed by atoms with Crippen molar-refractivity contribution in [1.29, 1.82) is 0 Å². The number of halogens is 1. The van der Waals surface area contributed by atoms with Crippen LogP contribution in [0.5, 0.6) is 0 Å². The molecule has 0 saturated carbocycles. The van der Waals surface area contributed by atoms with Crippen LogP contribution in [0.4, 0.5) is 10.5 Å². The molecule has 0 spiro atoms. The molecular formula is C34H47BrN4O4Si. The van der Waals surface area contributed by atoms with Gasteiger partial charge in [-0.25, -0.2) is 9.48 Å². The third-order valence-corrected chi connectivity index (χ3v) is 10.1. The summed E-state index contributed by atoms with van der Waals surface area (Å²) in [6, 6.07) is 14.3. The topological polar surface area (TPSA) is 94.5 Å². The van der Waals surface area contributed by atoms with Crippen molar-refractivity contribution < 1.29 is 19.1 Å². The number of nitrogens with one attached hydrogen (secondary N) is 2. The van der Waals surface area contributed by atoms with Crippen LogP contribution in [-0.4, -0.2) is 48.1 Å². The fourth-order valence-corrected chi connectivity index (χ4v) is 6.78. The molecule has 8 nitrogen and oxygen atoms in total. The van der Waals surface area contributed by atoms with Gasteiger partial charge in [0.05, 0.1) is 5.69 Å². The Kier molecular flexibility index (Phi) is 10.8. The van der Waals surface area contributed by atoms with Crippen LogP contribution in [0.3, 0.4) is 0 Å². The number of fused-ring (bicyclic) bond motifs is 1. The number of aromatic nitrogens is 2. The molecule has 44 heavy (non-hydrogen) atoms. The summed E-state index contributed by atoms with van der Waals surface area (Å²) in [7, 11) is -1.15. The van der Waals surface area contributed by atoms with E-state index in [-0.39, 0.29) is 11.8 Å². The van der Waals surface area contributed by atoms with Crippen LogP contribution in [0.25, 0.3) is 11.1 Å². The SMILES string of the molecule is Cc1nn(COCC[Si](C)(C)C)c(C)c1-c1ccc(NC(=O)[C@@H](NC(=O)OC(C)(C)C)[C@@H]2CCCc3ccc(Br)cc32)cc1. The van der Waals surface area contributed by atoms with Crippen LogP contribution in [0.1, 0.15) is 62.0 Å². The maximum atomic E-state index is 13.8. The zero-order valence-electron chi connectivity index (χ0n) is 27.3. The predicted molar refractivity (Wildman–Crippen MR) is 183 cm³/mol. The van der Waals surface area contributed by atoms with Crippen molar-refractivity contribution in [2.45, 2.75) is 104 Å². The van der Waals surface area contributed by atoms with Gasteiger partial charge >= 0.3 is 6.09 Å². The Morgan fingerprint density at radius 3 is 2.48 bits per heavy atom. The van der Waals surface area contributed by atoms with E-state index in [1.807, 2.05) is 62.7 Å². The van der Waals surface area contributed by atoms with Crippen LogP contribution in [0.15, 0.2) is 46.9 Å². The number of aryl methyl sites for hydroxylation is 2. The minimum atomic E-state index is -1.15. The molecule has 0 unspecified atom stereocenters. The molecule has 2 atom stereocenters. The van der Waals surface area contributed by atoms with Gasteiger partial charge < -0.3 is 20.1 Å². The smallest absolute Gasteiger partial charge is 0.408 e. The molecule has 2 amide bonds. The largest absolute Gasteiger partial charge is 0.444 e. The van der Waals surface area contributed by atoms with Crippen molar-refractivity contribution in [3.63, 3.8) is 0 Å². The Bertz CT molecular complexity index is 1470. The molecule has 2 N–H and O–H groups in total. The fourth-order valence-electron chi connectivity index (χ4n) is 5.65. The van der Waals surface area contributed by atoms with Gasteiger partial charge in [0.15, 0.2) is 0 Å². The lowest BCUT2D eigenvalue weighted by Gasteiger charge is -2.33. The van der Waals surface area contributed by atoms with E-state index in [2.05, 4.69) is 65.3 Å². The molecule has 1 aliphatic rings. The molecule has 238 valence electrons. The van der Waals surface area contributed by atoms with Gasteiger partial charge in [-0.15, -0.1) is 0 Å². The lowest BCUT2D eigenvalue weighted by atomic mass is 9.78. The molecule has 1 heterocycles. The molecular weight excluding hydrogens is 636 g/mol. The lowest BCUT2D eigenvalue weighted by Crippen LogP contribution is -2.49. The summed E-state index contributed by atoms with van der Waals surface area (Å²) in [5.74, 6) is -0.468. The number of rotatable bonds is 10. The first-order chi connectivity index (χ1) is 20.6. The zero-order chi connectivity index (χ0) is 32.2. The Hall–Kier alpha value is -2.95. The molecule has 0 fully saturated rings. The summed E-state index contributed by atoms with van der Waals surface area (Å²) < 4.78 is 14.4. The number of hydrogen-bond donors (Lipinski definition) is 2. The highest BCUT2D eigenvalue weighted by atomic mass is 79.9. The third kappa shape index (κ3) is 9.05. The number of nitrogens with zero attached hydrogens (tertiary/aromatic N) is 2. The molecule has 2 aromatic carbocycles. The van der Waals surface area contributed by atoms with E-state index >= 15 is 0 Å². The van der Waals surface area contributed by atoms with Crippen LogP contribution in [0, 0.1) is 13.8 Å². The van der Waals surface area contributed by atoms with Crippen molar-refractivity contribution in [2.24, 2.45) is 0 Å². The zero-order valence-corrected chi connectivity index (χ0v) is 29.9. The number of hydrogen-bond acceptors (Lipinski definition) is 5. The van der Waals surface area contributed by atoms with E-state index in [0.29, 0.717) is 12.4 Å². The molecule has 0 radical (unpaired) electrons. The minimum absolute atomic E-state index is 0.188. The Balaban J connectivity index is 1.51. The first-order valence-electron chi connectivity index (χ1n) is 15.4. The number of alkyl carbamates (subject to hydrolysis) is 1. The lowest BCUT2D eigenvalue weighted by molar-refractivity contribution is -0.118. The summed E-state index contributed by atoms with van der Waals surface area (Å²) in [5, 5.41) is 10.7. The van der Waals surface area contributed by atoms with Crippen LogP contribution < -0.4 is 10.6 Å². The molecule has 4 rings (SSSR count). The van der Waals surface area contributed by atoms with Gasteiger partial charge in [0.25, 0.3) is 0 Å². The van der Waals surface area contributed by atoms with Crippen LogP contribution in [-0.2, 0) is 27.4 Å². The van der Waals surface area contributed by atoms with Crippen molar-refractivity contribution >= 4 is 41.7 Å². The number of ether oxygens (including phenoxy) is 2. The van der Waals surface area contributed by atoms with Gasteiger partial charge in [-0.05, 0) is 101 Å². The first kappa shape index (κ1) is 33.9. The highest BCUT2D eigenvalue weighted by Gasteiger charge is 2.35. The third-order valence-electron chi connectivity index (χ3n) is 7.86. The second-order valence-electron chi connectivity index (χ2n) is 13.9. The Labute approximate surface area is 271 Å². The predicted octanol–water partition coefficient (Wildman–Crippen LogP) is 8.19. The van der Waals surface area contributed by atoms with E-state index in [1.54, 1.807) is 0 Å². The summed E-state index contributed by atoms with van der Waals surface area (Å²) in [6.45, 7) is 17.7. The second kappa shape index (κ2) is 14.0. The molecule has 0 bridgehead atoms. The van der Waals surface area contributed by atoms with E-state index in [0.717, 1.165) is 64.5 Å². The van der Waals surface area contributed by atoms with Crippen LogP contribution in [0.2, 0.25) is 25.7 Å². The number of carbonyl (C=O) groups excluding carboxylic acids is 2. The fraction of sp³-hybridized carbons (Fsp3) is 0.500. The summed E-state index contributed by atoms with van der Waals surface area (Å²) in [4.78, 5) is 26.7. The highest BCUT2D eigenvalue weighted by Crippen LogP contribution is 2.36. The van der Waals surface area contributed by atoms with Gasteiger partial charge in [-0.3, -0.25) is 4.79 Å². The Morgan fingerprint density at radius 1 is 1.11 bits per heavy atom.